The fraction of sp³-hybridized carbons (Fsp3) is 0.111. The summed E-state index contributed by atoms with van der Waals surface area (Å²) in [6, 6.07) is 14.2. The summed E-state index contributed by atoms with van der Waals surface area (Å²) >= 11 is 0. The number of pyridine rings is 1. The topological polar surface area (TPSA) is 77.2 Å². The predicted octanol–water partition coefficient (Wildman–Crippen LogP) is 2.99. The number of nitrogens with zero attached hydrogens (tertiary/aromatic N) is 4. The number of nitrogens with one attached hydrogen (secondary N) is 1. The molecular formula is C18H13N5. The Morgan fingerprint density at radius 2 is 1.83 bits per heavy atom. The SMILES string of the molecule is N#CCc1ccc(C2(c3ccnc4[nH]ccc34)C=NN=C2)cc1. The Labute approximate surface area is 133 Å². The molecule has 5 nitrogen and oxygen atoms in total. The van der Waals surface area contributed by atoms with Gasteiger partial charge in [0, 0.05) is 30.2 Å². The second-order valence-corrected chi connectivity index (χ2v) is 5.49. The smallest absolute Gasteiger partial charge is 0.137 e. The third-order valence-electron chi connectivity index (χ3n) is 4.21. The van der Waals surface area contributed by atoms with E-state index in [4.69, 9.17) is 5.26 Å². The lowest BCUT2D eigenvalue weighted by Crippen LogP contribution is -2.29. The second kappa shape index (κ2) is 5.18. The van der Waals surface area contributed by atoms with Gasteiger partial charge in [-0.3, -0.25) is 0 Å². The number of fused-ring (bicyclic) bond motifs is 1. The molecule has 1 aromatic carbocycles. The van der Waals surface area contributed by atoms with Gasteiger partial charge in [-0.15, -0.1) is 0 Å². The van der Waals surface area contributed by atoms with Crippen molar-refractivity contribution in [3.05, 3.63) is 65.5 Å². The second-order valence-electron chi connectivity index (χ2n) is 5.49. The van der Waals surface area contributed by atoms with Crippen LogP contribution in [-0.2, 0) is 11.8 Å². The molecule has 0 amide bonds. The molecule has 2 aromatic heterocycles. The van der Waals surface area contributed by atoms with Gasteiger partial charge in [-0.05, 0) is 28.8 Å². The molecule has 0 atom stereocenters. The van der Waals surface area contributed by atoms with Gasteiger partial charge in [0.05, 0.1) is 17.9 Å². The van der Waals surface area contributed by atoms with Crippen LogP contribution >= 0.6 is 0 Å². The van der Waals surface area contributed by atoms with Crippen molar-refractivity contribution in [1.29, 1.82) is 5.26 Å². The summed E-state index contributed by atoms with van der Waals surface area (Å²) in [5.41, 5.74) is 3.49. The van der Waals surface area contributed by atoms with Crippen molar-refractivity contribution in [2.24, 2.45) is 10.2 Å². The third-order valence-corrected chi connectivity index (χ3v) is 4.21. The Morgan fingerprint density at radius 3 is 2.57 bits per heavy atom. The molecule has 0 saturated heterocycles. The van der Waals surface area contributed by atoms with Gasteiger partial charge in [-0.1, -0.05) is 24.3 Å². The lowest BCUT2D eigenvalue weighted by Gasteiger charge is -2.24. The minimum absolute atomic E-state index is 0.409. The number of nitriles is 1. The Balaban J connectivity index is 1.90. The van der Waals surface area contributed by atoms with Gasteiger partial charge >= 0.3 is 0 Å². The van der Waals surface area contributed by atoms with Crippen molar-refractivity contribution in [1.82, 2.24) is 9.97 Å². The quantitative estimate of drug-likeness (QED) is 0.807. The average molecular weight is 299 g/mol. The maximum atomic E-state index is 8.82. The maximum Gasteiger partial charge on any atom is 0.137 e. The van der Waals surface area contributed by atoms with Crippen LogP contribution in [0.2, 0.25) is 0 Å². The predicted molar refractivity (Wildman–Crippen MR) is 89.6 cm³/mol. The number of aromatic amines is 1. The summed E-state index contributed by atoms with van der Waals surface area (Å²) in [4.78, 5) is 7.50. The van der Waals surface area contributed by atoms with Gasteiger partial charge in [0.2, 0.25) is 0 Å². The Hall–Kier alpha value is -3.26. The molecule has 1 aliphatic rings. The molecule has 1 N–H and O–H groups in total. The van der Waals surface area contributed by atoms with Crippen LogP contribution in [0.1, 0.15) is 16.7 Å². The van der Waals surface area contributed by atoms with Crippen LogP contribution in [0, 0.1) is 11.3 Å². The lowest BCUT2D eigenvalue weighted by molar-refractivity contribution is 0.987. The molecule has 3 aromatic rings. The first-order valence-corrected chi connectivity index (χ1v) is 7.31. The summed E-state index contributed by atoms with van der Waals surface area (Å²) in [6.45, 7) is 0. The number of benzene rings is 1. The fourth-order valence-electron chi connectivity index (χ4n) is 3.04. The first kappa shape index (κ1) is 13.4. The number of aromatic nitrogens is 2. The Bertz CT molecular complexity index is 945. The fourth-order valence-corrected chi connectivity index (χ4v) is 3.04. The minimum atomic E-state index is -0.505. The highest BCUT2D eigenvalue weighted by Crippen LogP contribution is 2.35. The molecule has 3 heterocycles. The zero-order valence-electron chi connectivity index (χ0n) is 12.3. The van der Waals surface area contributed by atoms with E-state index in [-0.39, 0.29) is 0 Å². The van der Waals surface area contributed by atoms with Crippen molar-refractivity contribution in [3.8, 4) is 6.07 Å². The number of H-pyrrole nitrogens is 1. The molecule has 0 fully saturated rings. The maximum absolute atomic E-state index is 8.82. The van der Waals surface area contributed by atoms with Crippen molar-refractivity contribution >= 4 is 23.5 Å². The van der Waals surface area contributed by atoms with Crippen LogP contribution in [0.4, 0.5) is 0 Å². The highest BCUT2D eigenvalue weighted by molar-refractivity contribution is 6.06. The van der Waals surface area contributed by atoms with E-state index < -0.39 is 5.41 Å². The van der Waals surface area contributed by atoms with Gasteiger partial charge < -0.3 is 4.98 Å². The van der Waals surface area contributed by atoms with E-state index in [0.717, 1.165) is 27.7 Å². The number of rotatable bonds is 3. The number of hydrogen-bond donors (Lipinski definition) is 1. The van der Waals surface area contributed by atoms with E-state index in [0.29, 0.717) is 6.42 Å². The number of hydrogen-bond acceptors (Lipinski definition) is 4. The Morgan fingerprint density at radius 1 is 1.04 bits per heavy atom. The zero-order chi connectivity index (χ0) is 15.7. The van der Waals surface area contributed by atoms with Crippen LogP contribution < -0.4 is 0 Å². The summed E-state index contributed by atoms with van der Waals surface area (Å²) in [7, 11) is 0. The zero-order valence-corrected chi connectivity index (χ0v) is 12.3. The highest BCUT2D eigenvalue weighted by Gasteiger charge is 2.35. The lowest BCUT2D eigenvalue weighted by atomic mass is 9.75. The van der Waals surface area contributed by atoms with Crippen LogP contribution in [0.25, 0.3) is 11.0 Å². The van der Waals surface area contributed by atoms with E-state index >= 15 is 0 Å². The van der Waals surface area contributed by atoms with Crippen LogP contribution in [0.5, 0.6) is 0 Å². The molecule has 1 aliphatic heterocycles. The summed E-state index contributed by atoms with van der Waals surface area (Å²) in [5.74, 6) is 0. The Kier molecular flexibility index (Phi) is 3.02. The third kappa shape index (κ3) is 2.04. The van der Waals surface area contributed by atoms with Crippen LogP contribution in [0.15, 0.2) is 59.0 Å². The molecule has 0 bridgehead atoms. The molecule has 5 heteroatoms. The summed E-state index contributed by atoms with van der Waals surface area (Å²) in [6.07, 6.45) is 7.79. The van der Waals surface area contributed by atoms with Crippen molar-refractivity contribution in [2.75, 3.05) is 0 Å². The normalized spacial score (nSPS) is 15.1. The highest BCUT2D eigenvalue weighted by atomic mass is 15.2. The molecule has 0 radical (unpaired) electrons. The minimum Gasteiger partial charge on any atom is -0.346 e. The molecule has 0 saturated carbocycles. The van der Waals surface area contributed by atoms with Gasteiger partial charge in [0.15, 0.2) is 0 Å². The van der Waals surface area contributed by atoms with Gasteiger partial charge in [0.1, 0.15) is 5.65 Å². The van der Waals surface area contributed by atoms with E-state index in [9.17, 15) is 0 Å². The van der Waals surface area contributed by atoms with Crippen molar-refractivity contribution in [2.45, 2.75) is 11.8 Å². The molecule has 0 aliphatic carbocycles. The van der Waals surface area contributed by atoms with Gasteiger partial charge in [-0.2, -0.15) is 15.5 Å². The summed E-state index contributed by atoms with van der Waals surface area (Å²) in [5, 5.41) is 18.1. The first-order chi connectivity index (χ1) is 11.3. The van der Waals surface area contributed by atoms with Gasteiger partial charge in [0.25, 0.3) is 0 Å². The molecule has 0 spiro atoms. The van der Waals surface area contributed by atoms with E-state index in [1.807, 2.05) is 55.0 Å². The van der Waals surface area contributed by atoms with Gasteiger partial charge in [-0.25, -0.2) is 4.98 Å². The van der Waals surface area contributed by atoms with Crippen molar-refractivity contribution in [3.63, 3.8) is 0 Å². The molecule has 4 rings (SSSR count). The van der Waals surface area contributed by atoms with E-state index in [2.05, 4.69) is 26.2 Å². The molecular weight excluding hydrogens is 286 g/mol. The van der Waals surface area contributed by atoms with Crippen molar-refractivity contribution < 1.29 is 0 Å². The van der Waals surface area contributed by atoms with Crippen LogP contribution in [-0.4, -0.2) is 22.4 Å². The first-order valence-electron chi connectivity index (χ1n) is 7.31. The molecule has 110 valence electrons. The van der Waals surface area contributed by atoms with E-state index in [1.54, 1.807) is 6.20 Å². The molecule has 23 heavy (non-hydrogen) atoms. The van der Waals surface area contributed by atoms with Crippen LogP contribution in [0.3, 0.4) is 0 Å². The monoisotopic (exact) mass is 299 g/mol. The van der Waals surface area contributed by atoms with E-state index in [1.165, 1.54) is 0 Å². The average Bonchev–Trinajstić information content (AvgIpc) is 3.25. The largest absolute Gasteiger partial charge is 0.346 e. The molecule has 0 unspecified atom stereocenters. The summed E-state index contributed by atoms with van der Waals surface area (Å²) < 4.78 is 0. The standard InChI is InChI=1S/C18H13N5/c19-8-5-13-1-3-14(4-2-13)18(11-22-23-12-18)16-7-10-21-17-15(16)6-9-20-17/h1-4,6-7,9-12H,5H2,(H,20,21).